The minimum Gasteiger partial charge on any atom is -0.486 e. The van der Waals surface area contributed by atoms with E-state index in [1.165, 1.54) is 17.3 Å². The van der Waals surface area contributed by atoms with Crippen molar-refractivity contribution in [3.63, 3.8) is 0 Å². The maximum atomic E-state index is 10.8. The summed E-state index contributed by atoms with van der Waals surface area (Å²) in [5.74, 6) is 1.28. The van der Waals surface area contributed by atoms with Gasteiger partial charge in [-0.05, 0) is 23.1 Å². The lowest BCUT2D eigenvalue weighted by Gasteiger charge is -2.19. The molecule has 2 N–H and O–H groups in total. The summed E-state index contributed by atoms with van der Waals surface area (Å²) in [6.45, 7) is 6.84. The molecule has 2 aromatic rings. The van der Waals surface area contributed by atoms with E-state index in [1.54, 1.807) is 4.57 Å². The molecule has 0 fully saturated rings. The zero-order valence-corrected chi connectivity index (χ0v) is 14.7. The second-order valence-electron chi connectivity index (χ2n) is 6.28. The fraction of sp³-hybridized carbons (Fsp3) is 0.438. The molecule has 1 aromatic carbocycles. The van der Waals surface area contributed by atoms with Gasteiger partial charge in [0.05, 0.1) is 5.75 Å². The van der Waals surface area contributed by atoms with Crippen LogP contribution < -0.4 is 10.5 Å². The largest absolute Gasteiger partial charge is 0.486 e. The number of amides is 1. The van der Waals surface area contributed by atoms with Gasteiger partial charge in [0.25, 0.3) is 0 Å². The molecule has 0 saturated heterocycles. The van der Waals surface area contributed by atoms with Gasteiger partial charge in [-0.15, -0.1) is 10.2 Å². The molecule has 0 aliphatic heterocycles. The van der Waals surface area contributed by atoms with Crippen LogP contribution in [0.1, 0.15) is 32.2 Å². The smallest absolute Gasteiger partial charge is 0.227 e. The number of primary amides is 1. The molecule has 0 saturated carbocycles. The van der Waals surface area contributed by atoms with Crippen molar-refractivity contribution in [2.24, 2.45) is 12.8 Å². The van der Waals surface area contributed by atoms with Gasteiger partial charge in [0.2, 0.25) is 5.91 Å². The molecule has 0 aliphatic carbocycles. The highest BCUT2D eigenvalue weighted by Gasteiger charge is 2.14. The van der Waals surface area contributed by atoms with Crippen LogP contribution in [0.5, 0.6) is 5.75 Å². The number of aromatic nitrogens is 3. The average Bonchev–Trinajstić information content (AvgIpc) is 2.83. The quantitative estimate of drug-likeness (QED) is 0.819. The Balaban J connectivity index is 1.97. The summed E-state index contributed by atoms with van der Waals surface area (Å²) >= 11 is 1.26. The molecule has 0 atom stereocenters. The number of thioether (sulfide) groups is 1. The van der Waals surface area contributed by atoms with Gasteiger partial charge in [0, 0.05) is 7.05 Å². The summed E-state index contributed by atoms with van der Waals surface area (Å²) < 4.78 is 7.56. The lowest BCUT2D eigenvalue weighted by molar-refractivity contribution is -0.115. The van der Waals surface area contributed by atoms with E-state index in [4.69, 9.17) is 10.5 Å². The predicted octanol–water partition coefficient (Wildman–Crippen LogP) is 2.27. The van der Waals surface area contributed by atoms with E-state index in [0.29, 0.717) is 17.6 Å². The number of nitrogens with zero attached hydrogens (tertiary/aromatic N) is 3. The Hall–Kier alpha value is -2.02. The van der Waals surface area contributed by atoms with Crippen molar-refractivity contribution in [3.8, 4) is 5.75 Å². The summed E-state index contributed by atoms with van der Waals surface area (Å²) in [5.41, 5.74) is 6.51. The maximum Gasteiger partial charge on any atom is 0.227 e. The fourth-order valence-electron chi connectivity index (χ4n) is 1.93. The van der Waals surface area contributed by atoms with Crippen molar-refractivity contribution >= 4 is 17.7 Å². The highest BCUT2D eigenvalue weighted by atomic mass is 32.2. The van der Waals surface area contributed by atoms with Crippen molar-refractivity contribution in [1.29, 1.82) is 0 Å². The molecule has 0 radical (unpaired) electrons. The molecule has 1 heterocycles. The van der Waals surface area contributed by atoms with Crippen LogP contribution >= 0.6 is 11.8 Å². The number of carbonyl (C=O) groups excluding carboxylic acids is 1. The van der Waals surface area contributed by atoms with Gasteiger partial charge in [-0.2, -0.15) is 0 Å². The first kappa shape index (κ1) is 17.3. The number of nitrogens with two attached hydrogens (primary N) is 1. The Labute approximate surface area is 140 Å². The van der Waals surface area contributed by atoms with Gasteiger partial charge >= 0.3 is 0 Å². The van der Waals surface area contributed by atoms with Gasteiger partial charge in [-0.1, -0.05) is 44.7 Å². The third-order valence-corrected chi connectivity index (χ3v) is 4.40. The van der Waals surface area contributed by atoms with Crippen LogP contribution in [0, 0.1) is 0 Å². The van der Waals surface area contributed by atoms with Crippen LogP contribution in [0.4, 0.5) is 0 Å². The topological polar surface area (TPSA) is 83.0 Å². The SMILES string of the molecule is Cn1c(COc2ccc(C(C)(C)C)cc2)nnc1SCC(N)=O. The summed E-state index contributed by atoms with van der Waals surface area (Å²) in [7, 11) is 1.84. The number of hydrogen-bond donors (Lipinski definition) is 1. The first-order chi connectivity index (χ1) is 10.8. The third kappa shape index (κ3) is 4.72. The van der Waals surface area contributed by atoms with Crippen LogP contribution in [0.2, 0.25) is 0 Å². The Morgan fingerprint density at radius 2 is 1.91 bits per heavy atom. The minimum atomic E-state index is -0.380. The van der Waals surface area contributed by atoms with Gasteiger partial charge < -0.3 is 15.0 Å². The standard InChI is InChI=1S/C16H22N4O2S/c1-16(2,3)11-5-7-12(8-6-11)22-9-14-18-19-15(20(14)4)23-10-13(17)21/h5-8H,9-10H2,1-4H3,(H2,17,21). The lowest BCUT2D eigenvalue weighted by Crippen LogP contribution is -2.13. The zero-order valence-electron chi connectivity index (χ0n) is 13.9. The number of rotatable bonds is 6. The van der Waals surface area contributed by atoms with E-state index in [9.17, 15) is 4.79 Å². The van der Waals surface area contributed by atoms with Crippen LogP contribution in [0.25, 0.3) is 0 Å². The van der Waals surface area contributed by atoms with Crippen LogP contribution in [-0.2, 0) is 23.9 Å². The normalized spacial score (nSPS) is 11.5. The molecule has 0 spiro atoms. The first-order valence-electron chi connectivity index (χ1n) is 7.30. The summed E-state index contributed by atoms with van der Waals surface area (Å²) in [5, 5.41) is 8.76. The van der Waals surface area contributed by atoms with E-state index < -0.39 is 0 Å². The minimum absolute atomic E-state index is 0.120. The van der Waals surface area contributed by atoms with E-state index in [1.807, 2.05) is 19.2 Å². The summed E-state index contributed by atoms with van der Waals surface area (Å²) in [4.78, 5) is 10.8. The van der Waals surface area contributed by atoms with Crippen molar-refractivity contribution in [3.05, 3.63) is 35.7 Å². The van der Waals surface area contributed by atoms with E-state index in [2.05, 4.69) is 43.1 Å². The lowest BCUT2D eigenvalue weighted by atomic mass is 9.87. The number of hydrogen-bond acceptors (Lipinski definition) is 5. The molecule has 0 unspecified atom stereocenters. The van der Waals surface area contributed by atoms with E-state index >= 15 is 0 Å². The molecule has 7 heteroatoms. The van der Waals surface area contributed by atoms with E-state index in [-0.39, 0.29) is 17.1 Å². The highest BCUT2D eigenvalue weighted by Crippen LogP contribution is 2.24. The van der Waals surface area contributed by atoms with Crippen LogP contribution in [0.15, 0.2) is 29.4 Å². The summed E-state index contributed by atoms with van der Waals surface area (Å²) in [6.07, 6.45) is 0. The van der Waals surface area contributed by atoms with Crippen LogP contribution in [-0.4, -0.2) is 26.4 Å². The molecule has 0 aliphatic rings. The molecule has 124 valence electrons. The van der Waals surface area contributed by atoms with Gasteiger partial charge in [0.1, 0.15) is 12.4 Å². The molecule has 6 nitrogen and oxygen atoms in total. The second kappa shape index (κ2) is 7.04. The number of ether oxygens (including phenoxy) is 1. The van der Waals surface area contributed by atoms with E-state index in [0.717, 1.165) is 5.75 Å². The molecular formula is C16H22N4O2S. The highest BCUT2D eigenvalue weighted by molar-refractivity contribution is 7.99. The third-order valence-electron chi connectivity index (χ3n) is 3.36. The van der Waals surface area contributed by atoms with Crippen molar-refractivity contribution in [2.75, 3.05) is 5.75 Å². The summed E-state index contributed by atoms with van der Waals surface area (Å²) in [6, 6.07) is 8.06. The van der Waals surface area contributed by atoms with Crippen molar-refractivity contribution in [1.82, 2.24) is 14.8 Å². The molecule has 1 amide bonds. The Bertz CT molecular complexity index is 674. The van der Waals surface area contributed by atoms with Gasteiger partial charge in [-0.3, -0.25) is 4.79 Å². The molecule has 1 aromatic heterocycles. The van der Waals surface area contributed by atoms with Gasteiger partial charge in [-0.25, -0.2) is 0 Å². The average molecular weight is 334 g/mol. The molecule has 23 heavy (non-hydrogen) atoms. The Kier molecular flexibility index (Phi) is 5.30. The Morgan fingerprint density at radius 1 is 1.26 bits per heavy atom. The van der Waals surface area contributed by atoms with Crippen molar-refractivity contribution < 1.29 is 9.53 Å². The second-order valence-corrected chi connectivity index (χ2v) is 7.22. The predicted molar refractivity (Wildman–Crippen MR) is 90.4 cm³/mol. The monoisotopic (exact) mass is 334 g/mol. The first-order valence-corrected chi connectivity index (χ1v) is 8.28. The Morgan fingerprint density at radius 3 is 2.48 bits per heavy atom. The van der Waals surface area contributed by atoms with Crippen LogP contribution in [0.3, 0.4) is 0 Å². The zero-order chi connectivity index (χ0) is 17.0. The molecule has 0 bridgehead atoms. The maximum absolute atomic E-state index is 10.8. The molecular weight excluding hydrogens is 312 g/mol. The number of carbonyl (C=O) groups is 1. The van der Waals surface area contributed by atoms with Crippen molar-refractivity contribution in [2.45, 2.75) is 37.9 Å². The van der Waals surface area contributed by atoms with Gasteiger partial charge in [0.15, 0.2) is 11.0 Å². The fourth-order valence-corrected chi connectivity index (χ4v) is 2.60. The number of benzene rings is 1. The molecule has 2 rings (SSSR count).